The molecule has 0 bridgehead atoms. The maximum atomic E-state index is 14.1. The summed E-state index contributed by atoms with van der Waals surface area (Å²) in [6.45, 7) is 3.29. The highest BCUT2D eigenvalue weighted by molar-refractivity contribution is 7.98. The van der Waals surface area contributed by atoms with Crippen molar-refractivity contribution >= 4 is 64.9 Å². The van der Waals surface area contributed by atoms with Crippen LogP contribution in [0.5, 0.6) is 0 Å². The predicted octanol–water partition coefficient (Wildman–Crippen LogP) is -0.432. The zero-order chi connectivity index (χ0) is 36.5. The third-order valence-electron chi connectivity index (χ3n) is 7.61. The van der Waals surface area contributed by atoms with Crippen molar-refractivity contribution in [3.63, 3.8) is 0 Å². The summed E-state index contributed by atoms with van der Waals surface area (Å²) in [5, 5.41) is 19.1. The Hall–Kier alpha value is -3.83. The van der Waals surface area contributed by atoms with Crippen LogP contribution in [0.1, 0.15) is 51.5 Å². The number of rotatable bonds is 21. The average molecular weight is 724 g/mol. The number of primary amides is 1. The summed E-state index contributed by atoms with van der Waals surface area (Å²) in [5.41, 5.74) is 12.3. The van der Waals surface area contributed by atoms with Crippen LogP contribution in [0.4, 0.5) is 0 Å². The van der Waals surface area contributed by atoms with E-state index in [-0.39, 0.29) is 24.6 Å². The van der Waals surface area contributed by atoms with Gasteiger partial charge in [-0.3, -0.25) is 33.6 Å². The number of nitrogens with zero attached hydrogens (tertiary/aromatic N) is 1. The van der Waals surface area contributed by atoms with Crippen molar-refractivity contribution < 1.29 is 38.7 Å². The number of likely N-dealkylation sites (tertiary alicyclic amines) is 1. The number of hydrogen-bond acceptors (Lipinski definition) is 10. The molecule has 1 aliphatic rings. The van der Waals surface area contributed by atoms with Crippen LogP contribution in [-0.4, -0.2) is 112 Å². The number of thioether (sulfide) groups is 2. The quantitative estimate of drug-likeness (QED) is 0.0858. The minimum absolute atomic E-state index is 0.0163. The second kappa shape index (κ2) is 21.3. The van der Waals surface area contributed by atoms with E-state index in [1.807, 2.05) is 50.4 Å². The Bertz CT molecular complexity index is 1300. The van der Waals surface area contributed by atoms with Gasteiger partial charge in [-0.15, -0.1) is 0 Å². The molecule has 1 aromatic rings. The van der Waals surface area contributed by atoms with E-state index in [9.17, 15) is 33.6 Å². The molecule has 15 nitrogen and oxygen atoms in total. The van der Waals surface area contributed by atoms with E-state index in [1.165, 1.54) is 28.4 Å². The lowest BCUT2D eigenvalue weighted by Gasteiger charge is -2.31. The van der Waals surface area contributed by atoms with Gasteiger partial charge in [-0.25, -0.2) is 0 Å². The van der Waals surface area contributed by atoms with E-state index in [2.05, 4.69) is 21.3 Å². The van der Waals surface area contributed by atoms with E-state index in [0.29, 0.717) is 30.8 Å². The molecule has 0 spiro atoms. The fraction of sp³-hybridized carbons (Fsp3) is 0.594. The molecular formula is C32H49N7O8S2. The average Bonchev–Trinajstić information content (AvgIpc) is 3.55. The summed E-state index contributed by atoms with van der Waals surface area (Å²) in [4.78, 5) is 90.8. The summed E-state index contributed by atoms with van der Waals surface area (Å²) >= 11 is 2.87. The lowest BCUT2D eigenvalue weighted by molar-refractivity contribution is -0.142. The van der Waals surface area contributed by atoms with Gasteiger partial charge >= 0.3 is 5.97 Å². The van der Waals surface area contributed by atoms with E-state index in [4.69, 9.17) is 16.6 Å². The van der Waals surface area contributed by atoms with Crippen molar-refractivity contribution in [2.75, 3.05) is 30.9 Å². The Morgan fingerprint density at radius 3 is 2.24 bits per heavy atom. The smallest absolute Gasteiger partial charge is 0.322 e. The highest BCUT2D eigenvalue weighted by Gasteiger charge is 2.40. The van der Waals surface area contributed by atoms with Crippen LogP contribution < -0.4 is 32.7 Å². The Kier molecular flexibility index (Phi) is 18.0. The SMILES string of the molecule is CSCC[C@H](N)C(=O)N[C@@H](CC(N)=O)C(=O)N[C@@H](CSCc1ccccc1)C(=O)N1CCC[C@H]1C(=O)N[C@@H](CC(C)C)C(=O)NCC(=O)O. The number of hydrogen-bond donors (Lipinski definition) is 7. The van der Waals surface area contributed by atoms with Crippen LogP contribution >= 0.6 is 23.5 Å². The molecule has 0 unspecified atom stereocenters. The number of nitrogens with two attached hydrogens (primary N) is 2. The van der Waals surface area contributed by atoms with Crippen LogP contribution in [-0.2, 0) is 39.3 Å². The summed E-state index contributed by atoms with van der Waals surface area (Å²) in [5.74, 6) is -4.12. The van der Waals surface area contributed by atoms with Crippen molar-refractivity contribution in [1.82, 2.24) is 26.2 Å². The summed E-state index contributed by atoms with van der Waals surface area (Å²) in [6, 6.07) is 4.02. The molecule has 6 amide bonds. The van der Waals surface area contributed by atoms with Gasteiger partial charge in [-0.1, -0.05) is 44.2 Å². The summed E-state index contributed by atoms with van der Waals surface area (Å²) in [6.07, 6.45) is 2.69. The van der Waals surface area contributed by atoms with E-state index in [0.717, 1.165) is 5.56 Å². The van der Waals surface area contributed by atoms with Gasteiger partial charge in [-0.05, 0) is 49.2 Å². The first-order chi connectivity index (χ1) is 23.2. The molecule has 0 radical (unpaired) electrons. The lowest BCUT2D eigenvalue weighted by Crippen LogP contribution is -2.59. The van der Waals surface area contributed by atoms with Crippen LogP contribution in [0.2, 0.25) is 0 Å². The molecule has 49 heavy (non-hydrogen) atoms. The van der Waals surface area contributed by atoms with Crippen LogP contribution in [0, 0.1) is 5.92 Å². The molecular weight excluding hydrogens is 675 g/mol. The summed E-state index contributed by atoms with van der Waals surface area (Å²) in [7, 11) is 0. The van der Waals surface area contributed by atoms with Crippen molar-refractivity contribution in [3.05, 3.63) is 35.9 Å². The second-order valence-electron chi connectivity index (χ2n) is 12.2. The Morgan fingerprint density at radius 2 is 1.63 bits per heavy atom. The van der Waals surface area contributed by atoms with Gasteiger partial charge in [0.15, 0.2) is 0 Å². The number of benzene rings is 1. The van der Waals surface area contributed by atoms with Gasteiger partial charge in [-0.2, -0.15) is 23.5 Å². The molecule has 1 aliphatic heterocycles. The van der Waals surface area contributed by atoms with Gasteiger partial charge in [0.2, 0.25) is 35.4 Å². The normalized spacial score (nSPS) is 16.6. The fourth-order valence-corrected chi connectivity index (χ4v) is 6.64. The number of amides is 6. The zero-order valence-electron chi connectivity index (χ0n) is 28.1. The lowest BCUT2D eigenvalue weighted by atomic mass is 10.0. The first kappa shape index (κ1) is 41.3. The Morgan fingerprint density at radius 1 is 0.959 bits per heavy atom. The van der Waals surface area contributed by atoms with Crippen molar-refractivity contribution in [2.24, 2.45) is 17.4 Å². The van der Waals surface area contributed by atoms with E-state index >= 15 is 0 Å². The molecule has 1 heterocycles. The number of carbonyl (C=O) groups excluding carboxylic acids is 6. The van der Waals surface area contributed by atoms with Crippen LogP contribution in [0.25, 0.3) is 0 Å². The van der Waals surface area contributed by atoms with Crippen molar-refractivity contribution in [2.45, 2.75) is 81.9 Å². The van der Waals surface area contributed by atoms with Crippen molar-refractivity contribution in [1.29, 1.82) is 0 Å². The van der Waals surface area contributed by atoms with E-state index in [1.54, 1.807) is 0 Å². The Labute approximate surface area is 295 Å². The van der Waals surface area contributed by atoms with E-state index < -0.39 is 84.6 Å². The number of carbonyl (C=O) groups is 7. The van der Waals surface area contributed by atoms with Gasteiger partial charge in [0.1, 0.15) is 30.7 Å². The van der Waals surface area contributed by atoms with Crippen LogP contribution in [0.3, 0.4) is 0 Å². The zero-order valence-corrected chi connectivity index (χ0v) is 29.8. The monoisotopic (exact) mass is 723 g/mol. The second-order valence-corrected chi connectivity index (χ2v) is 14.2. The first-order valence-electron chi connectivity index (χ1n) is 16.1. The molecule has 17 heteroatoms. The molecule has 1 aromatic carbocycles. The minimum atomic E-state index is -1.39. The number of carboxylic acid groups (broad SMARTS) is 1. The van der Waals surface area contributed by atoms with Gasteiger partial charge in [0.05, 0.1) is 12.5 Å². The topological polar surface area (TPSA) is 243 Å². The number of nitrogens with one attached hydrogen (secondary N) is 4. The predicted molar refractivity (Wildman–Crippen MR) is 188 cm³/mol. The molecule has 9 N–H and O–H groups in total. The maximum absolute atomic E-state index is 14.1. The van der Waals surface area contributed by atoms with Gasteiger partial charge in [0.25, 0.3) is 0 Å². The van der Waals surface area contributed by atoms with Gasteiger partial charge in [0, 0.05) is 18.1 Å². The Balaban J connectivity index is 2.28. The molecule has 0 aliphatic carbocycles. The molecule has 272 valence electrons. The fourth-order valence-electron chi connectivity index (χ4n) is 5.14. The molecule has 0 aromatic heterocycles. The molecule has 0 saturated carbocycles. The molecule has 1 saturated heterocycles. The number of aliphatic carboxylic acids is 1. The maximum Gasteiger partial charge on any atom is 0.322 e. The largest absolute Gasteiger partial charge is 0.480 e. The van der Waals surface area contributed by atoms with Crippen LogP contribution in [0.15, 0.2) is 30.3 Å². The molecule has 5 atom stereocenters. The standard InChI is InChI=1S/C32H49N7O8S2/c1-19(2)14-22(29(44)35-16-27(41)42)37-31(46)25-10-7-12-39(25)32(47)24(18-49-17-20-8-5-4-6-9-20)38-30(45)23(15-26(34)40)36-28(43)21(33)11-13-48-3/h4-6,8-9,19,21-25H,7,10-18,33H2,1-3H3,(H2,34,40)(H,35,44)(H,36,43)(H,37,46)(H,38,45)(H,41,42)/t21-,22-,23-,24-,25-/m0/s1. The number of carboxylic acids is 1. The first-order valence-corrected chi connectivity index (χ1v) is 18.6. The summed E-state index contributed by atoms with van der Waals surface area (Å²) < 4.78 is 0. The molecule has 2 rings (SSSR count). The minimum Gasteiger partial charge on any atom is -0.480 e. The third-order valence-corrected chi connectivity index (χ3v) is 9.36. The van der Waals surface area contributed by atoms with Crippen molar-refractivity contribution in [3.8, 4) is 0 Å². The molecule has 1 fully saturated rings. The van der Waals surface area contributed by atoms with Gasteiger partial charge < -0.3 is 42.7 Å². The third kappa shape index (κ3) is 14.7. The highest BCUT2D eigenvalue weighted by atomic mass is 32.2. The highest BCUT2D eigenvalue weighted by Crippen LogP contribution is 2.22.